The van der Waals surface area contributed by atoms with Gasteiger partial charge in [0.05, 0.1) is 22.3 Å². The summed E-state index contributed by atoms with van der Waals surface area (Å²) in [5, 5.41) is 22.1. The van der Waals surface area contributed by atoms with Crippen LogP contribution in [0.2, 0.25) is 0 Å². The summed E-state index contributed by atoms with van der Waals surface area (Å²) in [7, 11) is 0. The third-order valence-electron chi connectivity index (χ3n) is 8.03. The molecule has 1 aliphatic carbocycles. The van der Waals surface area contributed by atoms with E-state index in [-0.39, 0.29) is 44.9 Å². The van der Waals surface area contributed by atoms with Gasteiger partial charge in [-0.1, -0.05) is 87.5 Å². The standard InChI is InChI=1S/C40H36O4/c1-3-5-7-9-27-11-15-29(16-12-27)19-21-31-23-25-33-35(37(31)41)39(43)34-26-24-32(38(42)36(34)40(33)44)22-20-30-17-13-28(14-18-30)10-8-6-4-2/h11-18,23-26,41-42H,3-10H2,1-2H3. The van der Waals surface area contributed by atoms with E-state index in [1.807, 2.05) is 24.3 Å². The number of phenolic OH excluding ortho intramolecular Hbond substituents is 2. The van der Waals surface area contributed by atoms with Crippen LogP contribution >= 0.6 is 0 Å². The summed E-state index contributed by atoms with van der Waals surface area (Å²) in [6, 6.07) is 22.0. The van der Waals surface area contributed by atoms with E-state index in [0.717, 1.165) is 36.8 Å². The van der Waals surface area contributed by atoms with E-state index in [4.69, 9.17) is 0 Å². The van der Waals surface area contributed by atoms with Crippen LogP contribution in [0.5, 0.6) is 11.5 Å². The third kappa shape index (κ3) is 6.61. The summed E-state index contributed by atoms with van der Waals surface area (Å²) in [6.45, 7) is 4.37. The molecule has 4 aromatic carbocycles. The number of carbonyl (C=O) groups is 2. The lowest BCUT2D eigenvalue weighted by Crippen LogP contribution is -2.21. The molecule has 0 aromatic heterocycles. The molecule has 0 atom stereocenters. The SMILES string of the molecule is CCCCCc1ccc(C#Cc2ccc3c(c2O)C(=O)c2ccc(C#Cc4ccc(CCCCC)cc4)c(O)c2C3=O)cc1. The molecule has 0 unspecified atom stereocenters. The van der Waals surface area contributed by atoms with Gasteiger partial charge in [0.1, 0.15) is 11.5 Å². The van der Waals surface area contributed by atoms with Gasteiger partial charge in [-0.25, -0.2) is 0 Å². The highest BCUT2D eigenvalue weighted by atomic mass is 16.3. The van der Waals surface area contributed by atoms with Crippen LogP contribution in [0.1, 0.15) is 118 Å². The second-order valence-corrected chi connectivity index (χ2v) is 11.2. The molecule has 0 spiro atoms. The van der Waals surface area contributed by atoms with Gasteiger partial charge in [-0.05, 0) is 85.3 Å². The first kappa shape index (κ1) is 30.4. The van der Waals surface area contributed by atoms with Gasteiger partial charge in [0.15, 0.2) is 11.6 Å². The van der Waals surface area contributed by atoms with Crippen molar-refractivity contribution in [3.8, 4) is 35.2 Å². The summed E-state index contributed by atoms with van der Waals surface area (Å²) < 4.78 is 0. The smallest absolute Gasteiger partial charge is 0.198 e. The van der Waals surface area contributed by atoms with E-state index in [9.17, 15) is 19.8 Å². The first-order valence-corrected chi connectivity index (χ1v) is 15.4. The van der Waals surface area contributed by atoms with Gasteiger partial charge < -0.3 is 10.2 Å². The van der Waals surface area contributed by atoms with Gasteiger partial charge in [-0.2, -0.15) is 0 Å². The molecule has 44 heavy (non-hydrogen) atoms. The summed E-state index contributed by atoms with van der Waals surface area (Å²) in [5.41, 5.74) is 4.45. The van der Waals surface area contributed by atoms with Crippen molar-refractivity contribution in [1.82, 2.24) is 0 Å². The van der Waals surface area contributed by atoms with E-state index >= 15 is 0 Å². The van der Waals surface area contributed by atoms with Crippen molar-refractivity contribution in [3.63, 3.8) is 0 Å². The van der Waals surface area contributed by atoms with Crippen molar-refractivity contribution in [2.45, 2.75) is 65.2 Å². The van der Waals surface area contributed by atoms with E-state index in [1.165, 1.54) is 61.1 Å². The molecule has 0 fully saturated rings. The van der Waals surface area contributed by atoms with Gasteiger partial charge in [0, 0.05) is 22.3 Å². The van der Waals surface area contributed by atoms with E-state index in [0.29, 0.717) is 0 Å². The molecule has 0 aliphatic heterocycles. The maximum absolute atomic E-state index is 13.5. The van der Waals surface area contributed by atoms with Crippen molar-refractivity contribution in [2.75, 3.05) is 0 Å². The Morgan fingerprint density at radius 3 is 1.25 bits per heavy atom. The second kappa shape index (κ2) is 13.9. The van der Waals surface area contributed by atoms with Crippen LogP contribution in [0.15, 0.2) is 72.8 Å². The fourth-order valence-electron chi connectivity index (χ4n) is 5.44. The Hall–Kier alpha value is -5.06. The predicted octanol–water partition coefficient (Wildman–Crippen LogP) is 8.14. The minimum absolute atomic E-state index is 0.0288. The molecular weight excluding hydrogens is 544 g/mol. The Labute approximate surface area is 259 Å². The molecule has 0 bridgehead atoms. The molecule has 0 radical (unpaired) electrons. The first-order chi connectivity index (χ1) is 21.4. The molecule has 0 saturated carbocycles. The molecule has 220 valence electrons. The number of hydrogen-bond donors (Lipinski definition) is 2. The second-order valence-electron chi connectivity index (χ2n) is 11.2. The highest BCUT2D eigenvalue weighted by Crippen LogP contribution is 2.39. The van der Waals surface area contributed by atoms with Crippen LogP contribution in [-0.4, -0.2) is 21.8 Å². The zero-order valence-electron chi connectivity index (χ0n) is 25.3. The normalized spacial score (nSPS) is 11.6. The lowest BCUT2D eigenvalue weighted by Gasteiger charge is -2.20. The van der Waals surface area contributed by atoms with Gasteiger partial charge in [0.2, 0.25) is 0 Å². The number of unbranched alkanes of at least 4 members (excludes halogenated alkanes) is 4. The van der Waals surface area contributed by atoms with Crippen LogP contribution in [0.25, 0.3) is 0 Å². The Morgan fingerprint density at radius 1 is 0.500 bits per heavy atom. The van der Waals surface area contributed by atoms with Gasteiger partial charge in [-0.15, -0.1) is 0 Å². The number of rotatable bonds is 8. The number of aryl methyl sites for hydroxylation is 2. The summed E-state index contributed by atoms with van der Waals surface area (Å²) in [4.78, 5) is 27.0. The largest absolute Gasteiger partial charge is 0.506 e. The molecule has 0 heterocycles. The fraction of sp³-hybridized carbons (Fsp3) is 0.250. The number of hydrogen-bond acceptors (Lipinski definition) is 4. The number of phenols is 2. The Morgan fingerprint density at radius 2 is 0.886 bits per heavy atom. The first-order valence-electron chi connectivity index (χ1n) is 15.4. The highest BCUT2D eigenvalue weighted by Gasteiger charge is 2.35. The minimum atomic E-state index is -0.541. The molecule has 1 aliphatic rings. The molecule has 0 amide bonds. The number of fused-ring (bicyclic) bond motifs is 2. The van der Waals surface area contributed by atoms with Crippen LogP contribution in [0.3, 0.4) is 0 Å². The third-order valence-corrected chi connectivity index (χ3v) is 8.03. The maximum Gasteiger partial charge on any atom is 0.198 e. The van der Waals surface area contributed by atoms with Gasteiger partial charge >= 0.3 is 0 Å². The van der Waals surface area contributed by atoms with Crippen molar-refractivity contribution in [3.05, 3.63) is 128 Å². The fourth-order valence-corrected chi connectivity index (χ4v) is 5.44. The molecule has 4 heteroatoms. The molecular formula is C40H36O4. The zero-order chi connectivity index (χ0) is 31.1. The predicted molar refractivity (Wildman–Crippen MR) is 174 cm³/mol. The van der Waals surface area contributed by atoms with Crippen molar-refractivity contribution >= 4 is 11.6 Å². The highest BCUT2D eigenvalue weighted by molar-refractivity contribution is 6.30. The van der Waals surface area contributed by atoms with Crippen molar-refractivity contribution < 1.29 is 19.8 Å². The van der Waals surface area contributed by atoms with E-state index in [2.05, 4.69) is 61.8 Å². The van der Waals surface area contributed by atoms with E-state index < -0.39 is 11.6 Å². The number of ketones is 2. The quantitative estimate of drug-likeness (QED) is 0.144. The zero-order valence-corrected chi connectivity index (χ0v) is 25.3. The average molecular weight is 581 g/mol. The lowest BCUT2D eigenvalue weighted by molar-refractivity contribution is 0.0974. The topological polar surface area (TPSA) is 74.6 Å². The number of aromatic hydroxyl groups is 2. The Balaban J connectivity index is 1.37. The molecule has 0 saturated heterocycles. The summed E-state index contributed by atoms with van der Waals surface area (Å²) >= 11 is 0. The Bertz CT molecular complexity index is 1680. The van der Waals surface area contributed by atoms with Crippen LogP contribution in [0, 0.1) is 23.7 Å². The molecule has 4 aromatic rings. The minimum Gasteiger partial charge on any atom is -0.506 e. The van der Waals surface area contributed by atoms with Crippen molar-refractivity contribution in [2.24, 2.45) is 0 Å². The monoisotopic (exact) mass is 580 g/mol. The van der Waals surface area contributed by atoms with Crippen LogP contribution in [0.4, 0.5) is 0 Å². The lowest BCUT2D eigenvalue weighted by atomic mass is 9.81. The summed E-state index contributed by atoms with van der Waals surface area (Å²) in [6.07, 6.45) is 9.13. The van der Waals surface area contributed by atoms with Gasteiger partial charge in [0.25, 0.3) is 0 Å². The van der Waals surface area contributed by atoms with Crippen LogP contribution in [-0.2, 0) is 12.8 Å². The van der Waals surface area contributed by atoms with Crippen LogP contribution < -0.4 is 0 Å². The van der Waals surface area contributed by atoms with Crippen molar-refractivity contribution in [1.29, 1.82) is 0 Å². The average Bonchev–Trinajstić information content (AvgIpc) is 3.04. The number of benzene rings is 4. The summed E-state index contributed by atoms with van der Waals surface area (Å²) in [5.74, 6) is 10.2. The molecule has 4 nitrogen and oxygen atoms in total. The number of carbonyl (C=O) groups excluding carboxylic acids is 2. The molecule has 5 rings (SSSR count). The molecule has 2 N–H and O–H groups in total. The van der Waals surface area contributed by atoms with E-state index in [1.54, 1.807) is 0 Å². The Kier molecular flexibility index (Phi) is 9.63. The van der Waals surface area contributed by atoms with Gasteiger partial charge in [-0.3, -0.25) is 9.59 Å². The maximum atomic E-state index is 13.5.